The Kier molecular flexibility index (Phi) is 4.88. The van der Waals surface area contributed by atoms with Crippen LogP contribution in [0, 0.1) is 12.7 Å². The summed E-state index contributed by atoms with van der Waals surface area (Å²) < 4.78 is 12.9. The number of carbonyl (C=O) groups excluding carboxylic acids is 2. The molecule has 0 heterocycles. The van der Waals surface area contributed by atoms with Crippen molar-refractivity contribution in [2.45, 2.75) is 13.3 Å². The zero-order chi connectivity index (χ0) is 16.1. The van der Waals surface area contributed by atoms with Gasteiger partial charge in [-0.15, -0.1) is 0 Å². The van der Waals surface area contributed by atoms with Gasteiger partial charge in [0, 0.05) is 7.05 Å². The summed E-state index contributed by atoms with van der Waals surface area (Å²) in [4.78, 5) is 24.0. The number of nitrogens with one attached hydrogen (secondary N) is 2. The fourth-order valence-electron chi connectivity index (χ4n) is 2.13. The molecule has 2 amide bonds. The third kappa shape index (κ3) is 3.69. The van der Waals surface area contributed by atoms with Gasteiger partial charge in [0.05, 0.1) is 17.7 Å². The van der Waals surface area contributed by atoms with Crippen LogP contribution in [0.4, 0.5) is 10.1 Å². The predicted molar refractivity (Wildman–Crippen MR) is 83.3 cm³/mol. The molecular formula is C17H17FN2O2. The van der Waals surface area contributed by atoms with Gasteiger partial charge in [0.1, 0.15) is 5.82 Å². The van der Waals surface area contributed by atoms with Gasteiger partial charge in [0.15, 0.2) is 0 Å². The lowest BCUT2D eigenvalue weighted by molar-refractivity contribution is -0.115. The van der Waals surface area contributed by atoms with Crippen molar-refractivity contribution in [1.29, 1.82) is 0 Å². The zero-order valence-corrected chi connectivity index (χ0v) is 12.4. The van der Waals surface area contributed by atoms with E-state index >= 15 is 0 Å². The average Bonchev–Trinajstić information content (AvgIpc) is 2.51. The normalized spacial score (nSPS) is 10.1. The molecule has 22 heavy (non-hydrogen) atoms. The Hall–Kier alpha value is -2.69. The number of halogens is 1. The molecular weight excluding hydrogens is 283 g/mol. The van der Waals surface area contributed by atoms with Crippen LogP contribution in [-0.2, 0) is 11.2 Å². The second kappa shape index (κ2) is 6.85. The third-order valence-electron chi connectivity index (χ3n) is 3.29. The topological polar surface area (TPSA) is 58.2 Å². The smallest absolute Gasteiger partial charge is 0.253 e. The first-order valence-electron chi connectivity index (χ1n) is 6.87. The molecule has 2 N–H and O–H groups in total. The lowest BCUT2D eigenvalue weighted by Gasteiger charge is -2.13. The van der Waals surface area contributed by atoms with E-state index in [9.17, 15) is 14.0 Å². The number of carbonyl (C=O) groups is 2. The van der Waals surface area contributed by atoms with Crippen LogP contribution >= 0.6 is 0 Å². The molecule has 0 atom stereocenters. The second-order valence-electron chi connectivity index (χ2n) is 4.93. The highest BCUT2D eigenvalue weighted by atomic mass is 19.1. The summed E-state index contributed by atoms with van der Waals surface area (Å²) in [5.41, 5.74) is 2.41. The maximum atomic E-state index is 12.9. The van der Waals surface area contributed by atoms with Gasteiger partial charge in [-0.1, -0.05) is 24.3 Å². The van der Waals surface area contributed by atoms with E-state index in [2.05, 4.69) is 10.6 Å². The number of anilines is 1. The highest BCUT2D eigenvalue weighted by molar-refractivity contribution is 6.04. The molecule has 0 fully saturated rings. The quantitative estimate of drug-likeness (QED) is 0.912. The van der Waals surface area contributed by atoms with Gasteiger partial charge >= 0.3 is 0 Å². The van der Waals surface area contributed by atoms with Gasteiger partial charge in [-0.25, -0.2) is 4.39 Å². The maximum absolute atomic E-state index is 12.9. The number of amides is 2. The summed E-state index contributed by atoms with van der Waals surface area (Å²) in [7, 11) is 1.54. The predicted octanol–water partition coefficient (Wildman–Crippen LogP) is 2.67. The third-order valence-corrected chi connectivity index (χ3v) is 3.29. The van der Waals surface area contributed by atoms with E-state index in [1.54, 1.807) is 24.3 Å². The van der Waals surface area contributed by atoms with Crippen LogP contribution in [0.25, 0.3) is 0 Å². The van der Waals surface area contributed by atoms with Crippen molar-refractivity contribution in [3.8, 4) is 0 Å². The molecule has 0 saturated heterocycles. The van der Waals surface area contributed by atoms with E-state index < -0.39 is 0 Å². The first kappa shape index (κ1) is 15.7. The van der Waals surface area contributed by atoms with Crippen LogP contribution in [0.2, 0.25) is 0 Å². The molecule has 0 radical (unpaired) electrons. The van der Waals surface area contributed by atoms with E-state index in [4.69, 9.17) is 0 Å². The average molecular weight is 300 g/mol. The maximum Gasteiger partial charge on any atom is 0.253 e. The molecule has 0 aromatic heterocycles. The summed E-state index contributed by atoms with van der Waals surface area (Å²) in [6, 6.07) is 11.0. The van der Waals surface area contributed by atoms with Crippen LogP contribution in [0.1, 0.15) is 21.5 Å². The Bertz CT molecular complexity index is 696. The lowest BCUT2D eigenvalue weighted by Crippen LogP contribution is -2.22. The Balaban J connectivity index is 2.17. The van der Waals surface area contributed by atoms with Crippen molar-refractivity contribution in [2.24, 2.45) is 0 Å². The standard InChI is InChI=1S/C17H17FN2O2/c1-11-4-3-5-14(17(22)19-2)16(11)20-15(21)10-12-6-8-13(18)9-7-12/h3-9H,10H2,1-2H3,(H,19,22)(H,20,21). The number of hydrogen-bond donors (Lipinski definition) is 2. The van der Waals surface area contributed by atoms with Crippen molar-refractivity contribution < 1.29 is 14.0 Å². The van der Waals surface area contributed by atoms with Gasteiger partial charge in [-0.3, -0.25) is 9.59 Å². The molecule has 4 nitrogen and oxygen atoms in total. The molecule has 0 aliphatic rings. The largest absolute Gasteiger partial charge is 0.355 e. The minimum atomic E-state index is -0.343. The molecule has 0 saturated carbocycles. The Labute approximate surface area is 128 Å². The van der Waals surface area contributed by atoms with Gasteiger partial charge < -0.3 is 10.6 Å². The highest BCUT2D eigenvalue weighted by Gasteiger charge is 2.14. The molecule has 5 heteroatoms. The molecule has 0 bridgehead atoms. The first-order valence-corrected chi connectivity index (χ1v) is 6.87. The molecule has 0 aliphatic carbocycles. The van der Waals surface area contributed by atoms with Gasteiger partial charge in [-0.05, 0) is 36.2 Å². The minimum absolute atomic E-state index is 0.113. The van der Waals surface area contributed by atoms with E-state index in [0.717, 1.165) is 5.56 Å². The molecule has 114 valence electrons. The van der Waals surface area contributed by atoms with Crippen molar-refractivity contribution in [1.82, 2.24) is 5.32 Å². The summed E-state index contributed by atoms with van der Waals surface area (Å²) in [5.74, 6) is -0.864. The van der Waals surface area contributed by atoms with Crippen molar-refractivity contribution in [3.63, 3.8) is 0 Å². The van der Waals surface area contributed by atoms with Crippen LogP contribution in [0.3, 0.4) is 0 Å². The van der Waals surface area contributed by atoms with E-state index in [1.165, 1.54) is 19.2 Å². The monoisotopic (exact) mass is 300 g/mol. The van der Waals surface area contributed by atoms with Crippen LogP contribution in [-0.4, -0.2) is 18.9 Å². The number of hydrogen-bond acceptors (Lipinski definition) is 2. The molecule has 0 aliphatic heterocycles. The van der Waals surface area contributed by atoms with E-state index in [-0.39, 0.29) is 24.1 Å². The van der Waals surface area contributed by atoms with Crippen LogP contribution in [0.15, 0.2) is 42.5 Å². The van der Waals surface area contributed by atoms with E-state index in [1.807, 2.05) is 13.0 Å². The lowest BCUT2D eigenvalue weighted by atomic mass is 10.1. The summed E-state index contributed by atoms with van der Waals surface area (Å²) in [5, 5.41) is 5.31. The number of para-hydroxylation sites is 1. The van der Waals surface area contributed by atoms with Crippen molar-refractivity contribution in [3.05, 3.63) is 65.0 Å². The van der Waals surface area contributed by atoms with Crippen molar-refractivity contribution in [2.75, 3.05) is 12.4 Å². The van der Waals surface area contributed by atoms with Crippen LogP contribution in [0.5, 0.6) is 0 Å². The number of rotatable bonds is 4. The Morgan fingerprint density at radius 1 is 1.09 bits per heavy atom. The molecule has 0 unspecified atom stereocenters. The number of benzene rings is 2. The van der Waals surface area contributed by atoms with Gasteiger partial charge in [0.2, 0.25) is 5.91 Å². The molecule has 0 spiro atoms. The minimum Gasteiger partial charge on any atom is -0.355 e. The Morgan fingerprint density at radius 3 is 2.41 bits per heavy atom. The SMILES string of the molecule is CNC(=O)c1cccc(C)c1NC(=O)Cc1ccc(F)cc1. The molecule has 2 aromatic rings. The van der Waals surface area contributed by atoms with Crippen molar-refractivity contribution >= 4 is 17.5 Å². The fraction of sp³-hybridized carbons (Fsp3) is 0.176. The Morgan fingerprint density at radius 2 is 1.77 bits per heavy atom. The highest BCUT2D eigenvalue weighted by Crippen LogP contribution is 2.21. The summed E-state index contributed by atoms with van der Waals surface area (Å²) in [6.07, 6.45) is 0.113. The summed E-state index contributed by atoms with van der Waals surface area (Å²) >= 11 is 0. The molecule has 2 aromatic carbocycles. The van der Waals surface area contributed by atoms with E-state index in [0.29, 0.717) is 16.8 Å². The fourth-order valence-corrected chi connectivity index (χ4v) is 2.13. The van der Waals surface area contributed by atoms with Crippen LogP contribution < -0.4 is 10.6 Å². The second-order valence-corrected chi connectivity index (χ2v) is 4.93. The summed E-state index contributed by atoms with van der Waals surface area (Å²) in [6.45, 7) is 1.82. The zero-order valence-electron chi connectivity index (χ0n) is 12.4. The molecule has 2 rings (SSSR count). The number of aryl methyl sites for hydroxylation is 1. The first-order chi connectivity index (χ1) is 10.5. The van der Waals surface area contributed by atoms with Gasteiger partial charge in [-0.2, -0.15) is 0 Å². The van der Waals surface area contributed by atoms with Gasteiger partial charge in [0.25, 0.3) is 5.91 Å².